The third-order valence-electron chi connectivity index (χ3n) is 5.58. The number of nitrogens with zero attached hydrogens (tertiary/aromatic N) is 2. The summed E-state index contributed by atoms with van der Waals surface area (Å²) in [5, 5.41) is 0. The Morgan fingerprint density at radius 1 is 1.07 bits per heavy atom. The van der Waals surface area contributed by atoms with Gasteiger partial charge in [0.1, 0.15) is 5.82 Å². The van der Waals surface area contributed by atoms with Gasteiger partial charge in [0.2, 0.25) is 0 Å². The first-order valence-corrected chi connectivity index (χ1v) is 11.3. The summed E-state index contributed by atoms with van der Waals surface area (Å²) in [6.07, 6.45) is 2.53. The normalized spacial score (nSPS) is 20.2. The number of hydrogen-bond donors (Lipinski definition) is 0. The van der Waals surface area contributed by atoms with Gasteiger partial charge in [-0.15, -0.1) is 11.8 Å². The Hall–Kier alpha value is -1.89. The van der Waals surface area contributed by atoms with E-state index in [0.717, 1.165) is 48.7 Å². The molecule has 2 heterocycles. The summed E-state index contributed by atoms with van der Waals surface area (Å²) in [6.45, 7) is 4.28. The van der Waals surface area contributed by atoms with Crippen LogP contribution in [0.4, 0.5) is 4.39 Å². The van der Waals surface area contributed by atoms with Gasteiger partial charge in [0, 0.05) is 55.5 Å². The predicted molar refractivity (Wildman–Crippen MR) is 114 cm³/mol. The van der Waals surface area contributed by atoms with Crippen molar-refractivity contribution < 1.29 is 13.9 Å². The summed E-state index contributed by atoms with van der Waals surface area (Å²) in [5.74, 6) is 0.815. The van der Waals surface area contributed by atoms with Crippen LogP contribution in [-0.4, -0.2) is 60.3 Å². The molecule has 29 heavy (non-hydrogen) atoms. The van der Waals surface area contributed by atoms with Crippen molar-refractivity contribution in [3.05, 3.63) is 65.5 Å². The third-order valence-corrected chi connectivity index (χ3v) is 6.78. The standard InChI is InChI=1S/C23H27FN2O2S/c24-21-9-3-1-6-18(21)16-25-11-13-26(14-12-25)23(27)20-8-2-4-10-22(20)29-17-19-7-5-15-28-19/h1-4,6,8-10,19H,5,7,11-17H2/t19-/m1/s1. The number of carbonyl (C=O) groups excluding carboxylic acids is 1. The Kier molecular flexibility index (Phi) is 6.85. The first kappa shape index (κ1) is 20.4. The van der Waals surface area contributed by atoms with Crippen LogP contribution in [0.1, 0.15) is 28.8 Å². The lowest BCUT2D eigenvalue weighted by Gasteiger charge is -2.35. The molecular formula is C23H27FN2O2S. The van der Waals surface area contributed by atoms with Crippen LogP contribution in [0, 0.1) is 5.82 Å². The number of piperazine rings is 1. The molecule has 0 N–H and O–H groups in total. The van der Waals surface area contributed by atoms with E-state index in [9.17, 15) is 9.18 Å². The second-order valence-electron chi connectivity index (χ2n) is 7.60. The van der Waals surface area contributed by atoms with Crippen molar-refractivity contribution in [3.8, 4) is 0 Å². The Balaban J connectivity index is 1.34. The molecule has 2 aromatic carbocycles. The lowest BCUT2D eigenvalue weighted by molar-refractivity contribution is 0.0623. The average Bonchev–Trinajstić information content (AvgIpc) is 3.28. The molecule has 6 heteroatoms. The molecule has 154 valence electrons. The molecule has 2 aliphatic rings. The van der Waals surface area contributed by atoms with Crippen molar-refractivity contribution in [3.63, 3.8) is 0 Å². The van der Waals surface area contributed by atoms with Crippen LogP contribution in [0.25, 0.3) is 0 Å². The molecule has 4 rings (SSSR count). The SMILES string of the molecule is O=C(c1ccccc1SC[C@H]1CCCO1)N1CCN(Cc2ccccc2F)CC1. The highest BCUT2D eigenvalue weighted by atomic mass is 32.2. The molecule has 0 aromatic heterocycles. The molecule has 0 unspecified atom stereocenters. The monoisotopic (exact) mass is 414 g/mol. The zero-order chi connectivity index (χ0) is 20.1. The minimum atomic E-state index is -0.164. The summed E-state index contributed by atoms with van der Waals surface area (Å²) in [4.78, 5) is 18.3. The number of hydrogen-bond acceptors (Lipinski definition) is 4. The summed E-state index contributed by atoms with van der Waals surface area (Å²) in [7, 11) is 0. The van der Waals surface area contributed by atoms with Gasteiger partial charge >= 0.3 is 0 Å². The van der Waals surface area contributed by atoms with Crippen LogP contribution in [0.15, 0.2) is 53.4 Å². The third kappa shape index (κ3) is 5.18. The smallest absolute Gasteiger partial charge is 0.255 e. The molecule has 0 bridgehead atoms. The number of amides is 1. The highest BCUT2D eigenvalue weighted by Gasteiger charge is 2.25. The van der Waals surface area contributed by atoms with Gasteiger partial charge in [-0.3, -0.25) is 9.69 Å². The van der Waals surface area contributed by atoms with Crippen LogP contribution in [0.2, 0.25) is 0 Å². The summed E-state index contributed by atoms with van der Waals surface area (Å²) in [5.41, 5.74) is 1.49. The van der Waals surface area contributed by atoms with Crippen molar-refractivity contribution >= 4 is 17.7 Å². The van der Waals surface area contributed by atoms with Gasteiger partial charge in [0.05, 0.1) is 11.7 Å². The minimum Gasteiger partial charge on any atom is -0.377 e. The van der Waals surface area contributed by atoms with E-state index in [1.807, 2.05) is 41.3 Å². The number of rotatable bonds is 6. The molecule has 1 atom stereocenters. The van der Waals surface area contributed by atoms with Gasteiger partial charge in [-0.25, -0.2) is 4.39 Å². The zero-order valence-electron chi connectivity index (χ0n) is 16.6. The molecule has 2 aromatic rings. The molecule has 0 saturated carbocycles. The summed E-state index contributed by atoms with van der Waals surface area (Å²) < 4.78 is 19.6. The number of halogens is 1. The maximum atomic E-state index is 13.9. The number of ether oxygens (including phenoxy) is 1. The molecule has 0 spiro atoms. The molecule has 1 amide bonds. The fourth-order valence-electron chi connectivity index (χ4n) is 3.87. The molecule has 2 fully saturated rings. The van der Waals surface area contributed by atoms with Crippen molar-refractivity contribution in [2.24, 2.45) is 0 Å². The Labute approximate surface area is 176 Å². The van der Waals surface area contributed by atoms with Crippen molar-refractivity contribution in [2.45, 2.75) is 30.4 Å². The van der Waals surface area contributed by atoms with Crippen LogP contribution < -0.4 is 0 Å². The Bertz CT molecular complexity index is 833. The van der Waals surface area contributed by atoms with Gasteiger partial charge in [0.15, 0.2) is 0 Å². The van der Waals surface area contributed by atoms with Crippen molar-refractivity contribution in [1.29, 1.82) is 0 Å². The fraction of sp³-hybridized carbons (Fsp3) is 0.435. The van der Waals surface area contributed by atoms with Crippen LogP contribution in [0.3, 0.4) is 0 Å². The van der Waals surface area contributed by atoms with E-state index < -0.39 is 0 Å². The van der Waals surface area contributed by atoms with Crippen LogP contribution in [-0.2, 0) is 11.3 Å². The van der Waals surface area contributed by atoms with Gasteiger partial charge < -0.3 is 9.64 Å². The lowest BCUT2D eigenvalue weighted by atomic mass is 10.1. The van der Waals surface area contributed by atoms with Crippen LogP contribution in [0.5, 0.6) is 0 Å². The van der Waals surface area contributed by atoms with E-state index in [0.29, 0.717) is 31.3 Å². The first-order valence-electron chi connectivity index (χ1n) is 10.3. The largest absolute Gasteiger partial charge is 0.377 e. The zero-order valence-corrected chi connectivity index (χ0v) is 17.4. The second-order valence-corrected chi connectivity index (χ2v) is 8.66. The highest BCUT2D eigenvalue weighted by molar-refractivity contribution is 7.99. The van der Waals surface area contributed by atoms with E-state index in [2.05, 4.69) is 4.90 Å². The van der Waals surface area contributed by atoms with Crippen LogP contribution >= 0.6 is 11.8 Å². The maximum Gasteiger partial charge on any atom is 0.255 e. The van der Waals surface area contributed by atoms with E-state index in [-0.39, 0.29) is 11.7 Å². The number of carbonyl (C=O) groups is 1. The second kappa shape index (κ2) is 9.74. The minimum absolute atomic E-state index is 0.0889. The molecule has 2 saturated heterocycles. The molecule has 2 aliphatic heterocycles. The molecule has 4 nitrogen and oxygen atoms in total. The van der Waals surface area contributed by atoms with E-state index in [4.69, 9.17) is 4.74 Å². The maximum absolute atomic E-state index is 13.9. The number of thioether (sulfide) groups is 1. The first-order chi connectivity index (χ1) is 14.2. The highest BCUT2D eigenvalue weighted by Crippen LogP contribution is 2.28. The topological polar surface area (TPSA) is 32.8 Å². The number of benzene rings is 2. The van der Waals surface area contributed by atoms with Crippen molar-refractivity contribution in [1.82, 2.24) is 9.80 Å². The Morgan fingerprint density at radius 3 is 2.59 bits per heavy atom. The molecular weight excluding hydrogens is 387 g/mol. The van der Waals surface area contributed by atoms with Gasteiger partial charge in [0.25, 0.3) is 5.91 Å². The predicted octanol–water partition coefficient (Wildman–Crippen LogP) is 4.05. The lowest BCUT2D eigenvalue weighted by Crippen LogP contribution is -2.48. The quantitative estimate of drug-likeness (QED) is 0.668. The van der Waals surface area contributed by atoms with Gasteiger partial charge in [-0.2, -0.15) is 0 Å². The fourth-order valence-corrected chi connectivity index (χ4v) is 4.99. The average molecular weight is 415 g/mol. The summed E-state index contributed by atoms with van der Waals surface area (Å²) >= 11 is 1.72. The van der Waals surface area contributed by atoms with E-state index >= 15 is 0 Å². The molecule has 0 aliphatic carbocycles. The summed E-state index contributed by atoms with van der Waals surface area (Å²) in [6, 6.07) is 14.8. The Morgan fingerprint density at radius 2 is 1.83 bits per heavy atom. The molecule has 0 radical (unpaired) electrons. The van der Waals surface area contributed by atoms with E-state index in [1.165, 1.54) is 6.07 Å². The van der Waals surface area contributed by atoms with Gasteiger partial charge in [-0.1, -0.05) is 30.3 Å². The van der Waals surface area contributed by atoms with Crippen molar-refractivity contribution in [2.75, 3.05) is 38.5 Å². The van der Waals surface area contributed by atoms with E-state index in [1.54, 1.807) is 17.8 Å². The van der Waals surface area contributed by atoms with Gasteiger partial charge in [-0.05, 0) is 31.0 Å².